The molecule has 1 aromatic rings. The van der Waals surface area contributed by atoms with E-state index in [2.05, 4.69) is 26.6 Å². The summed E-state index contributed by atoms with van der Waals surface area (Å²) in [6, 6.07) is 3.71. The highest BCUT2D eigenvalue weighted by Crippen LogP contribution is 2.27. The molecule has 0 atom stereocenters. The maximum atomic E-state index is 11.8. The molecule has 21 heavy (non-hydrogen) atoms. The van der Waals surface area contributed by atoms with Crippen LogP contribution in [0.2, 0.25) is 0 Å². The average molecular weight is 357 g/mol. The third-order valence-electron chi connectivity index (χ3n) is 3.02. The molecule has 0 radical (unpaired) electrons. The van der Waals surface area contributed by atoms with Gasteiger partial charge in [0.05, 0.1) is 5.69 Å². The second-order valence-electron chi connectivity index (χ2n) is 5.02. The fourth-order valence-electron chi connectivity index (χ4n) is 2.01. The predicted molar refractivity (Wildman–Crippen MR) is 86.7 cm³/mol. The van der Waals surface area contributed by atoms with E-state index in [4.69, 9.17) is 5.11 Å². The zero-order valence-electron chi connectivity index (χ0n) is 12.3. The van der Waals surface area contributed by atoms with Gasteiger partial charge >= 0.3 is 12.0 Å². The summed E-state index contributed by atoms with van der Waals surface area (Å²) in [5.74, 6) is -0.777. The third kappa shape index (κ3) is 6.62. The fourth-order valence-corrected chi connectivity index (χ4v) is 2.78. The Balaban J connectivity index is 2.33. The van der Waals surface area contributed by atoms with Crippen molar-refractivity contribution in [2.45, 2.75) is 39.5 Å². The van der Waals surface area contributed by atoms with E-state index < -0.39 is 5.97 Å². The van der Waals surface area contributed by atoms with E-state index in [1.165, 1.54) is 0 Å². The highest BCUT2D eigenvalue weighted by molar-refractivity contribution is 9.10. The van der Waals surface area contributed by atoms with E-state index in [0.29, 0.717) is 13.0 Å². The van der Waals surface area contributed by atoms with Crippen molar-refractivity contribution in [3.05, 3.63) is 27.7 Å². The average Bonchev–Trinajstić information content (AvgIpc) is 2.37. The Morgan fingerprint density at radius 2 is 1.90 bits per heavy atom. The van der Waals surface area contributed by atoms with Gasteiger partial charge in [-0.3, -0.25) is 4.79 Å². The molecular weight excluding hydrogens is 336 g/mol. The van der Waals surface area contributed by atoms with Gasteiger partial charge < -0.3 is 15.7 Å². The number of urea groups is 1. The summed E-state index contributed by atoms with van der Waals surface area (Å²) in [7, 11) is 0. The van der Waals surface area contributed by atoms with E-state index in [9.17, 15) is 9.59 Å². The summed E-state index contributed by atoms with van der Waals surface area (Å²) in [6.45, 7) is 4.48. The van der Waals surface area contributed by atoms with Gasteiger partial charge in [0.2, 0.25) is 0 Å². The fraction of sp³-hybridized carbons (Fsp3) is 0.467. The minimum absolute atomic E-state index is 0.182. The van der Waals surface area contributed by atoms with Crippen molar-refractivity contribution >= 4 is 33.6 Å². The molecule has 0 heterocycles. The number of carboxylic acid groups (broad SMARTS) is 1. The number of benzene rings is 1. The number of carbonyl (C=O) groups is 2. The number of aliphatic carboxylic acids is 1. The predicted octanol–water partition coefficient (Wildman–Crippen LogP) is 3.83. The molecule has 0 unspecified atom stereocenters. The first-order valence-corrected chi connectivity index (χ1v) is 7.73. The van der Waals surface area contributed by atoms with Crippen molar-refractivity contribution in [2.75, 3.05) is 11.9 Å². The van der Waals surface area contributed by atoms with Gasteiger partial charge in [-0.1, -0.05) is 12.5 Å². The molecular formula is C15H21BrN2O3. The van der Waals surface area contributed by atoms with Crippen LogP contribution in [0.25, 0.3) is 0 Å². The number of anilines is 1. The Bertz CT molecular complexity index is 495. The summed E-state index contributed by atoms with van der Waals surface area (Å²) in [6.07, 6.45) is 2.39. The van der Waals surface area contributed by atoms with Gasteiger partial charge in [-0.2, -0.15) is 0 Å². The Morgan fingerprint density at radius 1 is 1.19 bits per heavy atom. The van der Waals surface area contributed by atoms with Gasteiger partial charge in [-0.15, -0.1) is 0 Å². The first kappa shape index (κ1) is 17.5. The normalized spacial score (nSPS) is 10.2. The standard InChI is InChI=1S/C15H21BrN2O3/c1-10-8-11(2)14(12(16)9-10)18-15(21)17-7-5-3-4-6-13(19)20/h8-9H,3-7H2,1-2H3,(H,19,20)(H2,17,18,21). The van der Waals surface area contributed by atoms with Gasteiger partial charge in [0, 0.05) is 17.4 Å². The number of halogens is 1. The summed E-state index contributed by atoms with van der Waals surface area (Å²) in [5.41, 5.74) is 2.89. The van der Waals surface area contributed by atoms with Crippen LogP contribution in [-0.4, -0.2) is 23.7 Å². The molecule has 116 valence electrons. The molecule has 0 saturated heterocycles. The molecule has 2 amide bonds. The van der Waals surface area contributed by atoms with E-state index in [-0.39, 0.29) is 12.5 Å². The SMILES string of the molecule is Cc1cc(C)c(NC(=O)NCCCCCC(=O)O)c(Br)c1. The van der Waals surface area contributed by atoms with Gasteiger partial charge in [-0.25, -0.2) is 4.79 Å². The molecule has 1 aromatic carbocycles. The van der Waals surface area contributed by atoms with Crippen molar-refractivity contribution in [3.8, 4) is 0 Å². The van der Waals surface area contributed by atoms with Crippen LogP contribution in [0, 0.1) is 13.8 Å². The van der Waals surface area contributed by atoms with Crippen molar-refractivity contribution in [2.24, 2.45) is 0 Å². The van der Waals surface area contributed by atoms with Crippen LogP contribution in [0.1, 0.15) is 36.8 Å². The molecule has 3 N–H and O–H groups in total. The molecule has 0 saturated carbocycles. The summed E-state index contributed by atoms with van der Waals surface area (Å²) in [5, 5.41) is 14.1. The second-order valence-corrected chi connectivity index (χ2v) is 5.88. The number of unbranched alkanes of at least 4 members (excludes halogenated alkanes) is 2. The number of carboxylic acids is 1. The smallest absolute Gasteiger partial charge is 0.319 e. The molecule has 0 bridgehead atoms. The molecule has 0 aromatic heterocycles. The number of aryl methyl sites for hydroxylation is 2. The number of rotatable bonds is 7. The van der Waals surface area contributed by atoms with Crippen LogP contribution in [0.15, 0.2) is 16.6 Å². The molecule has 0 aliphatic carbocycles. The Labute approximate surface area is 133 Å². The van der Waals surface area contributed by atoms with E-state index in [1.807, 2.05) is 26.0 Å². The van der Waals surface area contributed by atoms with Crippen LogP contribution in [0.3, 0.4) is 0 Å². The van der Waals surface area contributed by atoms with E-state index in [1.54, 1.807) is 0 Å². The van der Waals surface area contributed by atoms with Crippen LogP contribution >= 0.6 is 15.9 Å². The van der Waals surface area contributed by atoms with Crippen molar-refractivity contribution < 1.29 is 14.7 Å². The number of hydrogen-bond acceptors (Lipinski definition) is 2. The second kappa shape index (κ2) is 8.67. The topological polar surface area (TPSA) is 78.4 Å². The molecule has 0 aliphatic rings. The zero-order chi connectivity index (χ0) is 15.8. The van der Waals surface area contributed by atoms with Crippen molar-refractivity contribution in [3.63, 3.8) is 0 Å². The van der Waals surface area contributed by atoms with Crippen molar-refractivity contribution in [1.29, 1.82) is 0 Å². The van der Waals surface area contributed by atoms with Gasteiger partial charge in [-0.05, 0) is 59.8 Å². The summed E-state index contributed by atoms with van der Waals surface area (Å²) < 4.78 is 0.858. The van der Waals surface area contributed by atoms with Crippen LogP contribution in [0.5, 0.6) is 0 Å². The number of carbonyl (C=O) groups excluding carboxylic acids is 1. The quantitative estimate of drug-likeness (QED) is 0.649. The first-order valence-electron chi connectivity index (χ1n) is 6.93. The largest absolute Gasteiger partial charge is 0.481 e. The van der Waals surface area contributed by atoms with Gasteiger partial charge in [0.1, 0.15) is 0 Å². The molecule has 0 fully saturated rings. The van der Waals surface area contributed by atoms with Gasteiger partial charge in [0.25, 0.3) is 0 Å². The number of hydrogen-bond donors (Lipinski definition) is 3. The van der Waals surface area contributed by atoms with Crippen LogP contribution < -0.4 is 10.6 Å². The summed E-state index contributed by atoms with van der Waals surface area (Å²) >= 11 is 3.44. The number of nitrogens with one attached hydrogen (secondary N) is 2. The Kier molecular flexibility index (Phi) is 7.22. The minimum atomic E-state index is -0.777. The third-order valence-corrected chi connectivity index (χ3v) is 3.65. The highest BCUT2D eigenvalue weighted by atomic mass is 79.9. The lowest BCUT2D eigenvalue weighted by atomic mass is 10.1. The minimum Gasteiger partial charge on any atom is -0.481 e. The number of amides is 2. The molecule has 0 aliphatic heterocycles. The maximum absolute atomic E-state index is 11.8. The van der Waals surface area contributed by atoms with Gasteiger partial charge in [0.15, 0.2) is 0 Å². The first-order chi connectivity index (χ1) is 9.90. The van der Waals surface area contributed by atoms with Crippen LogP contribution in [-0.2, 0) is 4.79 Å². The Morgan fingerprint density at radius 3 is 2.52 bits per heavy atom. The monoisotopic (exact) mass is 356 g/mol. The van der Waals surface area contributed by atoms with E-state index in [0.717, 1.165) is 34.1 Å². The maximum Gasteiger partial charge on any atom is 0.319 e. The lowest BCUT2D eigenvalue weighted by Gasteiger charge is -2.12. The summed E-state index contributed by atoms with van der Waals surface area (Å²) in [4.78, 5) is 22.2. The molecule has 1 rings (SSSR count). The highest BCUT2D eigenvalue weighted by Gasteiger charge is 2.08. The molecule has 0 spiro atoms. The Hall–Kier alpha value is -1.56. The zero-order valence-corrected chi connectivity index (χ0v) is 13.9. The van der Waals surface area contributed by atoms with Crippen molar-refractivity contribution in [1.82, 2.24) is 5.32 Å². The van der Waals surface area contributed by atoms with E-state index >= 15 is 0 Å². The molecule has 6 heteroatoms. The molecule has 5 nitrogen and oxygen atoms in total. The lowest BCUT2D eigenvalue weighted by Crippen LogP contribution is -2.30. The lowest BCUT2D eigenvalue weighted by molar-refractivity contribution is -0.137. The van der Waals surface area contributed by atoms with Crippen LogP contribution in [0.4, 0.5) is 10.5 Å².